The average Bonchev–Trinajstić information content (AvgIpc) is 2.69. The smallest absolute Gasteiger partial charge is 0.119 e. The summed E-state index contributed by atoms with van der Waals surface area (Å²) < 4.78 is 5.49. The van der Waals surface area contributed by atoms with Gasteiger partial charge in [0, 0.05) is 11.8 Å². The second kappa shape index (κ2) is 9.19. The van der Waals surface area contributed by atoms with Crippen LogP contribution in [-0.2, 0) is 19.3 Å². The van der Waals surface area contributed by atoms with Gasteiger partial charge >= 0.3 is 0 Å². The summed E-state index contributed by atoms with van der Waals surface area (Å²) in [6.07, 6.45) is 6.43. The maximum absolute atomic E-state index is 5.49. The van der Waals surface area contributed by atoms with Gasteiger partial charge in [0.15, 0.2) is 0 Å². The van der Waals surface area contributed by atoms with E-state index >= 15 is 0 Å². The van der Waals surface area contributed by atoms with Crippen molar-refractivity contribution in [3.05, 3.63) is 83.6 Å². The van der Waals surface area contributed by atoms with E-state index in [4.69, 9.17) is 4.74 Å². The van der Waals surface area contributed by atoms with E-state index in [1.165, 1.54) is 23.1 Å². The minimum Gasteiger partial charge on any atom is -0.494 e. The van der Waals surface area contributed by atoms with Crippen LogP contribution in [0.15, 0.2) is 66.9 Å². The van der Waals surface area contributed by atoms with Crippen LogP contribution in [-0.4, -0.2) is 11.6 Å². The van der Waals surface area contributed by atoms with Crippen molar-refractivity contribution in [2.24, 2.45) is 0 Å². The molecule has 3 aromatic rings. The number of pyridine rings is 1. The molecule has 0 aliphatic carbocycles. The Kier molecular flexibility index (Phi) is 6.43. The first-order valence-electron chi connectivity index (χ1n) is 9.54. The van der Waals surface area contributed by atoms with E-state index in [0.717, 1.165) is 36.3 Å². The Morgan fingerprint density at radius 3 is 1.88 bits per heavy atom. The molecule has 2 heteroatoms. The first kappa shape index (κ1) is 18.2. The number of hydrogen-bond acceptors (Lipinski definition) is 2. The van der Waals surface area contributed by atoms with Gasteiger partial charge in [-0.25, -0.2) is 0 Å². The predicted molar refractivity (Wildman–Crippen MR) is 109 cm³/mol. The van der Waals surface area contributed by atoms with Crippen LogP contribution in [0.2, 0.25) is 0 Å². The largest absolute Gasteiger partial charge is 0.494 e. The van der Waals surface area contributed by atoms with Crippen molar-refractivity contribution in [3.63, 3.8) is 0 Å². The molecule has 0 aliphatic heterocycles. The highest BCUT2D eigenvalue weighted by Crippen LogP contribution is 2.21. The van der Waals surface area contributed by atoms with Gasteiger partial charge in [0.2, 0.25) is 0 Å². The second-order valence-electron chi connectivity index (χ2n) is 6.58. The van der Waals surface area contributed by atoms with Crippen LogP contribution in [0.5, 0.6) is 5.75 Å². The summed E-state index contributed by atoms with van der Waals surface area (Å²) in [5.41, 5.74) is 6.21. The summed E-state index contributed by atoms with van der Waals surface area (Å²) in [6.45, 7) is 4.90. The Labute approximate surface area is 156 Å². The van der Waals surface area contributed by atoms with Crippen LogP contribution in [0.1, 0.15) is 37.0 Å². The Balaban J connectivity index is 1.58. The normalized spacial score (nSPS) is 10.7. The molecule has 0 unspecified atom stereocenters. The number of hydrogen-bond donors (Lipinski definition) is 0. The van der Waals surface area contributed by atoms with Gasteiger partial charge in [-0.3, -0.25) is 4.98 Å². The van der Waals surface area contributed by atoms with Crippen molar-refractivity contribution in [2.75, 3.05) is 6.61 Å². The molecule has 0 spiro atoms. The third kappa shape index (κ3) is 4.95. The van der Waals surface area contributed by atoms with Crippen LogP contribution in [0.3, 0.4) is 0 Å². The molecule has 3 rings (SSSR count). The minimum absolute atomic E-state index is 0.688. The molecule has 0 aliphatic rings. The molecule has 2 nitrogen and oxygen atoms in total. The number of aryl methyl sites for hydroxylation is 3. The van der Waals surface area contributed by atoms with Gasteiger partial charge in [-0.1, -0.05) is 43.7 Å². The van der Waals surface area contributed by atoms with E-state index in [-0.39, 0.29) is 0 Å². The molecule has 0 N–H and O–H groups in total. The van der Waals surface area contributed by atoms with E-state index < -0.39 is 0 Å². The minimum atomic E-state index is 0.688. The first-order valence-corrected chi connectivity index (χ1v) is 9.54. The van der Waals surface area contributed by atoms with Crippen molar-refractivity contribution >= 4 is 0 Å². The van der Waals surface area contributed by atoms with Gasteiger partial charge in [0.25, 0.3) is 0 Å². The molecule has 0 radical (unpaired) electrons. The van der Waals surface area contributed by atoms with E-state index in [2.05, 4.69) is 60.4 Å². The average molecular weight is 345 g/mol. The number of nitrogens with zero attached hydrogens (tertiary/aromatic N) is 1. The van der Waals surface area contributed by atoms with Gasteiger partial charge in [-0.15, -0.1) is 0 Å². The third-order valence-electron chi connectivity index (χ3n) is 4.55. The number of rotatable bonds is 8. The highest BCUT2D eigenvalue weighted by Gasteiger charge is 2.02. The van der Waals surface area contributed by atoms with Gasteiger partial charge in [0.05, 0.1) is 12.3 Å². The molecule has 26 heavy (non-hydrogen) atoms. The molecule has 1 aromatic heterocycles. The summed E-state index contributed by atoms with van der Waals surface area (Å²) in [4.78, 5) is 4.63. The van der Waals surface area contributed by atoms with E-state index in [1.54, 1.807) is 0 Å². The molecule has 0 saturated heterocycles. The number of ether oxygens (including phenoxy) is 1. The monoisotopic (exact) mass is 345 g/mol. The highest BCUT2D eigenvalue weighted by atomic mass is 16.5. The summed E-state index contributed by atoms with van der Waals surface area (Å²) in [5.74, 6) is 0.901. The molecule has 0 saturated carbocycles. The van der Waals surface area contributed by atoms with Crippen LogP contribution < -0.4 is 4.74 Å². The van der Waals surface area contributed by atoms with Crippen LogP contribution >= 0.6 is 0 Å². The number of benzene rings is 2. The summed E-state index contributed by atoms with van der Waals surface area (Å²) in [6, 6.07) is 21.4. The van der Waals surface area contributed by atoms with Gasteiger partial charge in [-0.05, 0) is 73.2 Å². The summed E-state index contributed by atoms with van der Waals surface area (Å²) >= 11 is 0. The molecule has 0 bridgehead atoms. The van der Waals surface area contributed by atoms with Crippen molar-refractivity contribution in [2.45, 2.75) is 39.5 Å². The quantitative estimate of drug-likeness (QED) is 0.508. The summed E-state index contributed by atoms with van der Waals surface area (Å²) in [7, 11) is 0. The molecule has 134 valence electrons. The topological polar surface area (TPSA) is 22.1 Å². The van der Waals surface area contributed by atoms with Crippen molar-refractivity contribution in [1.82, 2.24) is 4.98 Å². The van der Waals surface area contributed by atoms with Crippen molar-refractivity contribution in [3.8, 4) is 17.0 Å². The SMILES string of the molecule is CCCc1ccc(CCc2ccc(-c3ccc(OCC)cc3)nc2)cc1. The predicted octanol–water partition coefficient (Wildman–Crippen LogP) is 5.89. The Bertz CT molecular complexity index is 789. The van der Waals surface area contributed by atoms with Gasteiger partial charge < -0.3 is 4.74 Å². The lowest BCUT2D eigenvalue weighted by atomic mass is 10.0. The van der Waals surface area contributed by atoms with Gasteiger partial charge in [-0.2, -0.15) is 0 Å². The fraction of sp³-hybridized carbons (Fsp3) is 0.292. The van der Waals surface area contributed by atoms with Gasteiger partial charge in [0.1, 0.15) is 5.75 Å². The van der Waals surface area contributed by atoms with E-state index in [0.29, 0.717) is 6.61 Å². The zero-order valence-electron chi connectivity index (χ0n) is 15.7. The molecule has 0 fully saturated rings. The van der Waals surface area contributed by atoms with Crippen molar-refractivity contribution < 1.29 is 4.74 Å². The Morgan fingerprint density at radius 1 is 0.692 bits per heavy atom. The Hall–Kier alpha value is -2.61. The van der Waals surface area contributed by atoms with Crippen molar-refractivity contribution in [1.29, 1.82) is 0 Å². The molecule has 0 amide bonds. The van der Waals surface area contributed by atoms with E-state index in [1.807, 2.05) is 25.3 Å². The standard InChI is InChI=1S/C24H27NO/c1-3-5-19-6-8-20(9-7-19)10-11-21-12-17-24(25-18-21)22-13-15-23(16-14-22)26-4-2/h6-9,12-18H,3-5,10-11H2,1-2H3. The van der Waals surface area contributed by atoms with E-state index in [9.17, 15) is 0 Å². The van der Waals surface area contributed by atoms with Crippen LogP contribution in [0.4, 0.5) is 0 Å². The molecule has 1 heterocycles. The molecule has 0 atom stereocenters. The Morgan fingerprint density at radius 2 is 1.31 bits per heavy atom. The van der Waals surface area contributed by atoms with Crippen LogP contribution in [0, 0.1) is 0 Å². The maximum Gasteiger partial charge on any atom is 0.119 e. The second-order valence-corrected chi connectivity index (χ2v) is 6.58. The number of aromatic nitrogens is 1. The lowest BCUT2D eigenvalue weighted by Gasteiger charge is -2.07. The highest BCUT2D eigenvalue weighted by molar-refractivity contribution is 5.60. The lowest BCUT2D eigenvalue weighted by Crippen LogP contribution is -1.94. The molecular formula is C24H27NO. The van der Waals surface area contributed by atoms with Crippen LogP contribution in [0.25, 0.3) is 11.3 Å². The lowest BCUT2D eigenvalue weighted by molar-refractivity contribution is 0.340. The zero-order chi connectivity index (χ0) is 18.2. The fourth-order valence-electron chi connectivity index (χ4n) is 3.08. The third-order valence-corrected chi connectivity index (χ3v) is 4.55. The summed E-state index contributed by atoms with van der Waals surface area (Å²) in [5, 5.41) is 0. The fourth-order valence-corrected chi connectivity index (χ4v) is 3.08. The molecule has 2 aromatic carbocycles. The zero-order valence-corrected chi connectivity index (χ0v) is 15.7. The first-order chi connectivity index (χ1) is 12.8. The maximum atomic E-state index is 5.49. The molecular weight excluding hydrogens is 318 g/mol.